The van der Waals surface area contributed by atoms with Gasteiger partial charge in [0.2, 0.25) is 0 Å². The van der Waals surface area contributed by atoms with Gasteiger partial charge in [-0.1, -0.05) is 26.2 Å². The van der Waals surface area contributed by atoms with Gasteiger partial charge in [0.1, 0.15) is 17.5 Å². The molecule has 0 radical (unpaired) electrons. The van der Waals surface area contributed by atoms with Gasteiger partial charge in [-0.3, -0.25) is 0 Å². The van der Waals surface area contributed by atoms with Gasteiger partial charge >= 0.3 is 0 Å². The fourth-order valence-corrected chi connectivity index (χ4v) is 2.53. The molecule has 4 nitrogen and oxygen atoms in total. The van der Waals surface area contributed by atoms with E-state index in [1.54, 1.807) is 0 Å². The molecule has 1 heterocycles. The summed E-state index contributed by atoms with van der Waals surface area (Å²) >= 11 is 0. The minimum absolute atomic E-state index is 0.442. The van der Waals surface area contributed by atoms with Crippen molar-refractivity contribution in [1.82, 2.24) is 9.97 Å². The number of nitrogens with one attached hydrogen (secondary N) is 2. The lowest BCUT2D eigenvalue weighted by Crippen LogP contribution is -2.23. The molecule has 1 aromatic heterocycles. The fourth-order valence-electron chi connectivity index (χ4n) is 2.53. The molecule has 0 aliphatic heterocycles. The lowest BCUT2D eigenvalue weighted by atomic mass is 9.95. The van der Waals surface area contributed by atoms with Crippen molar-refractivity contribution in [3.8, 4) is 0 Å². The maximum Gasteiger partial charge on any atom is 0.132 e. The third kappa shape index (κ3) is 4.37. The molecule has 0 spiro atoms. The number of anilines is 2. The molecule has 1 saturated carbocycles. The van der Waals surface area contributed by atoms with E-state index in [1.807, 2.05) is 13.0 Å². The Morgan fingerprint density at radius 2 is 1.89 bits per heavy atom. The highest BCUT2D eigenvalue weighted by molar-refractivity contribution is 5.48. The van der Waals surface area contributed by atoms with E-state index < -0.39 is 0 Å². The van der Waals surface area contributed by atoms with Crippen LogP contribution in [0, 0.1) is 6.92 Å². The van der Waals surface area contributed by atoms with Crippen LogP contribution < -0.4 is 10.6 Å². The Morgan fingerprint density at radius 1 is 1.21 bits per heavy atom. The summed E-state index contributed by atoms with van der Waals surface area (Å²) in [6.45, 7) is 6.30. The van der Waals surface area contributed by atoms with E-state index in [9.17, 15) is 0 Å². The standard InChI is InChI=1S/C15H26N4/c1-4-11(2)16-14-10-15(18-12(3)17-14)19-13-8-6-5-7-9-13/h10-11,13H,4-9H2,1-3H3,(H2,16,17,18,19). The van der Waals surface area contributed by atoms with Gasteiger partial charge in [-0.15, -0.1) is 0 Å². The van der Waals surface area contributed by atoms with Crippen molar-refractivity contribution in [2.24, 2.45) is 0 Å². The smallest absolute Gasteiger partial charge is 0.132 e. The SMILES string of the molecule is CCC(C)Nc1cc(NC2CCCCC2)nc(C)n1. The average Bonchev–Trinajstić information content (AvgIpc) is 2.39. The second-order valence-corrected chi connectivity index (χ2v) is 5.62. The van der Waals surface area contributed by atoms with Gasteiger partial charge in [0.25, 0.3) is 0 Å². The van der Waals surface area contributed by atoms with Gasteiger partial charge in [-0.25, -0.2) is 9.97 Å². The Labute approximate surface area is 116 Å². The van der Waals surface area contributed by atoms with Crippen LogP contribution in [0.25, 0.3) is 0 Å². The molecule has 1 fully saturated rings. The van der Waals surface area contributed by atoms with Crippen LogP contribution in [0.1, 0.15) is 58.2 Å². The van der Waals surface area contributed by atoms with Crippen molar-refractivity contribution in [3.05, 3.63) is 11.9 Å². The minimum atomic E-state index is 0.442. The van der Waals surface area contributed by atoms with Crippen molar-refractivity contribution in [2.45, 2.75) is 71.4 Å². The normalized spacial score (nSPS) is 18.1. The molecular formula is C15H26N4. The van der Waals surface area contributed by atoms with Crippen LogP contribution in [0.3, 0.4) is 0 Å². The maximum absolute atomic E-state index is 4.50. The number of rotatable bonds is 5. The van der Waals surface area contributed by atoms with E-state index in [2.05, 4.69) is 34.4 Å². The molecule has 19 heavy (non-hydrogen) atoms. The van der Waals surface area contributed by atoms with Crippen LogP contribution in [-0.4, -0.2) is 22.1 Å². The van der Waals surface area contributed by atoms with Crippen molar-refractivity contribution < 1.29 is 0 Å². The maximum atomic E-state index is 4.50. The number of aryl methyl sites for hydroxylation is 1. The van der Waals surface area contributed by atoms with Crippen molar-refractivity contribution in [2.75, 3.05) is 10.6 Å². The first-order valence-corrected chi connectivity index (χ1v) is 7.56. The zero-order valence-electron chi connectivity index (χ0n) is 12.4. The molecular weight excluding hydrogens is 236 g/mol. The number of nitrogens with zero attached hydrogens (tertiary/aromatic N) is 2. The molecule has 106 valence electrons. The van der Waals surface area contributed by atoms with E-state index in [1.165, 1.54) is 32.1 Å². The van der Waals surface area contributed by atoms with E-state index in [0.29, 0.717) is 12.1 Å². The molecule has 0 aromatic carbocycles. The van der Waals surface area contributed by atoms with Crippen LogP contribution in [0.4, 0.5) is 11.6 Å². The van der Waals surface area contributed by atoms with E-state index in [4.69, 9.17) is 0 Å². The van der Waals surface area contributed by atoms with E-state index in [0.717, 1.165) is 23.9 Å². The molecule has 1 aromatic rings. The predicted octanol–water partition coefficient (Wildman–Crippen LogP) is 3.74. The predicted molar refractivity (Wildman–Crippen MR) is 80.6 cm³/mol. The molecule has 0 saturated heterocycles. The highest BCUT2D eigenvalue weighted by Crippen LogP contribution is 2.22. The molecule has 4 heteroatoms. The van der Waals surface area contributed by atoms with Crippen molar-refractivity contribution in [1.29, 1.82) is 0 Å². The van der Waals surface area contributed by atoms with E-state index >= 15 is 0 Å². The van der Waals surface area contributed by atoms with Crippen molar-refractivity contribution in [3.63, 3.8) is 0 Å². The highest BCUT2D eigenvalue weighted by atomic mass is 15.1. The zero-order valence-corrected chi connectivity index (χ0v) is 12.4. The summed E-state index contributed by atoms with van der Waals surface area (Å²) in [5.74, 6) is 2.72. The lowest BCUT2D eigenvalue weighted by Gasteiger charge is -2.23. The van der Waals surface area contributed by atoms with Crippen LogP contribution in [0.15, 0.2) is 6.07 Å². The Balaban J connectivity index is 2.03. The Bertz CT molecular complexity index is 399. The third-order valence-electron chi connectivity index (χ3n) is 3.80. The summed E-state index contributed by atoms with van der Waals surface area (Å²) in [6, 6.07) is 3.06. The lowest BCUT2D eigenvalue weighted by molar-refractivity contribution is 0.461. The Kier molecular flexibility index (Phi) is 5.00. The Morgan fingerprint density at radius 3 is 2.58 bits per heavy atom. The summed E-state index contributed by atoms with van der Waals surface area (Å²) in [6.07, 6.45) is 7.66. The molecule has 1 unspecified atom stereocenters. The zero-order chi connectivity index (χ0) is 13.7. The van der Waals surface area contributed by atoms with Crippen LogP contribution in [0.5, 0.6) is 0 Å². The number of hydrogen-bond donors (Lipinski definition) is 2. The van der Waals surface area contributed by atoms with Gasteiger partial charge in [0, 0.05) is 18.2 Å². The summed E-state index contributed by atoms with van der Waals surface area (Å²) in [5, 5.41) is 6.98. The van der Waals surface area contributed by atoms with Crippen molar-refractivity contribution >= 4 is 11.6 Å². The summed E-state index contributed by atoms with van der Waals surface area (Å²) in [4.78, 5) is 8.95. The molecule has 2 N–H and O–H groups in total. The monoisotopic (exact) mass is 262 g/mol. The first kappa shape index (κ1) is 14.1. The van der Waals surface area contributed by atoms with Gasteiger partial charge in [0.05, 0.1) is 0 Å². The molecule has 1 atom stereocenters. The van der Waals surface area contributed by atoms with Gasteiger partial charge in [-0.05, 0) is 33.1 Å². The molecule has 2 rings (SSSR count). The first-order chi connectivity index (χ1) is 9.17. The minimum Gasteiger partial charge on any atom is -0.367 e. The summed E-state index contributed by atoms with van der Waals surface area (Å²) in [7, 11) is 0. The molecule has 1 aliphatic carbocycles. The van der Waals surface area contributed by atoms with Crippen LogP contribution in [0.2, 0.25) is 0 Å². The van der Waals surface area contributed by atoms with Gasteiger partial charge in [0.15, 0.2) is 0 Å². The number of aromatic nitrogens is 2. The first-order valence-electron chi connectivity index (χ1n) is 7.56. The highest BCUT2D eigenvalue weighted by Gasteiger charge is 2.14. The molecule has 1 aliphatic rings. The summed E-state index contributed by atoms with van der Waals surface area (Å²) in [5.41, 5.74) is 0. The fraction of sp³-hybridized carbons (Fsp3) is 0.733. The second kappa shape index (κ2) is 6.73. The molecule has 0 bridgehead atoms. The molecule has 0 amide bonds. The number of hydrogen-bond acceptors (Lipinski definition) is 4. The van der Waals surface area contributed by atoms with Gasteiger partial charge in [-0.2, -0.15) is 0 Å². The quantitative estimate of drug-likeness (QED) is 0.848. The second-order valence-electron chi connectivity index (χ2n) is 5.62. The summed E-state index contributed by atoms with van der Waals surface area (Å²) < 4.78 is 0. The van der Waals surface area contributed by atoms with Crippen LogP contribution in [-0.2, 0) is 0 Å². The average molecular weight is 262 g/mol. The van der Waals surface area contributed by atoms with Crippen LogP contribution >= 0.6 is 0 Å². The third-order valence-corrected chi connectivity index (χ3v) is 3.80. The van der Waals surface area contributed by atoms with E-state index in [-0.39, 0.29) is 0 Å². The largest absolute Gasteiger partial charge is 0.367 e. The topological polar surface area (TPSA) is 49.8 Å². The van der Waals surface area contributed by atoms with Gasteiger partial charge < -0.3 is 10.6 Å². The Hall–Kier alpha value is -1.32.